The number of aryl methyl sites for hydroxylation is 2. The monoisotopic (exact) mass is 524 g/mol. The first kappa shape index (κ1) is 23.8. The fourth-order valence-corrected chi connectivity index (χ4v) is 3.63. The highest BCUT2D eigenvalue weighted by Crippen LogP contribution is 2.36. The maximum absolute atomic E-state index is 6.32. The van der Waals surface area contributed by atoms with Gasteiger partial charge < -0.3 is 20.1 Å². The van der Waals surface area contributed by atoms with E-state index in [4.69, 9.17) is 21.1 Å². The van der Waals surface area contributed by atoms with E-state index >= 15 is 0 Å². The first-order valence-electron chi connectivity index (χ1n) is 8.35. The molecule has 0 spiro atoms. The zero-order valence-corrected chi connectivity index (χ0v) is 20.1. The first-order valence-corrected chi connectivity index (χ1v) is 9.54. The van der Waals surface area contributed by atoms with Crippen molar-refractivity contribution < 1.29 is 9.47 Å². The summed E-state index contributed by atoms with van der Waals surface area (Å²) in [6.45, 7) is 7.71. The zero-order chi connectivity index (χ0) is 19.1. The smallest absolute Gasteiger partial charge is 0.191 e. The molecule has 27 heavy (non-hydrogen) atoms. The fourth-order valence-electron chi connectivity index (χ4n) is 2.47. The van der Waals surface area contributed by atoms with Gasteiger partial charge in [0.1, 0.15) is 0 Å². The number of hydrogen-bond donors (Lipinski definition) is 2. The molecule has 0 atom stereocenters. The molecule has 0 radical (unpaired) electrons. The van der Waals surface area contributed by atoms with Crippen LogP contribution in [0.15, 0.2) is 17.1 Å². The van der Waals surface area contributed by atoms with Gasteiger partial charge in [-0.1, -0.05) is 11.6 Å². The van der Waals surface area contributed by atoms with Gasteiger partial charge in [0.2, 0.25) is 0 Å². The maximum Gasteiger partial charge on any atom is 0.191 e. The predicted octanol–water partition coefficient (Wildman–Crippen LogP) is 4.30. The van der Waals surface area contributed by atoms with Crippen LogP contribution in [0.1, 0.15) is 28.1 Å². The van der Waals surface area contributed by atoms with Crippen LogP contribution in [-0.4, -0.2) is 31.7 Å². The van der Waals surface area contributed by atoms with E-state index in [1.54, 1.807) is 25.5 Å². The number of methoxy groups -OCH3 is 1. The van der Waals surface area contributed by atoms with Gasteiger partial charge in [0.05, 0.1) is 36.0 Å². The number of thiazole rings is 1. The minimum absolute atomic E-state index is 0. The lowest BCUT2D eigenvalue weighted by atomic mass is 10.2. The normalized spacial score (nSPS) is 11.0. The summed E-state index contributed by atoms with van der Waals surface area (Å²) < 4.78 is 10.9. The van der Waals surface area contributed by atoms with Gasteiger partial charge in [0.15, 0.2) is 17.5 Å². The van der Waals surface area contributed by atoms with Crippen LogP contribution in [0.2, 0.25) is 5.02 Å². The summed E-state index contributed by atoms with van der Waals surface area (Å²) >= 11 is 8.01. The molecule has 150 valence electrons. The van der Waals surface area contributed by atoms with Crippen LogP contribution in [-0.2, 0) is 13.1 Å². The van der Waals surface area contributed by atoms with Crippen molar-refractivity contribution in [2.75, 3.05) is 20.8 Å². The highest BCUT2D eigenvalue weighted by Gasteiger charge is 2.12. The summed E-state index contributed by atoms with van der Waals surface area (Å²) in [5.74, 6) is 1.90. The van der Waals surface area contributed by atoms with Crippen LogP contribution >= 0.6 is 46.9 Å². The second-order valence-electron chi connectivity index (χ2n) is 5.56. The summed E-state index contributed by atoms with van der Waals surface area (Å²) in [7, 11) is 3.34. The average molecular weight is 525 g/mol. The number of aromatic nitrogens is 1. The van der Waals surface area contributed by atoms with Gasteiger partial charge in [-0.25, -0.2) is 4.98 Å². The summed E-state index contributed by atoms with van der Waals surface area (Å²) in [4.78, 5) is 9.90. The van der Waals surface area contributed by atoms with Gasteiger partial charge in [-0.15, -0.1) is 35.3 Å². The number of ether oxygens (including phenoxy) is 2. The Balaban J connectivity index is 0.00000364. The highest BCUT2D eigenvalue weighted by atomic mass is 127. The molecule has 0 aliphatic carbocycles. The van der Waals surface area contributed by atoms with Gasteiger partial charge in [-0.2, -0.15) is 0 Å². The summed E-state index contributed by atoms with van der Waals surface area (Å²) in [5, 5.41) is 8.18. The van der Waals surface area contributed by atoms with Crippen molar-refractivity contribution in [3.63, 3.8) is 0 Å². The number of benzene rings is 1. The average Bonchev–Trinajstić information content (AvgIpc) is 2.94. The lowest BCUT2D eigenvalue weighted by Gasteiger charge is -2.15. The van der Waals surface area contributed by atoms with Crippen molar-refractivity contribution in [2.45, 2.75) is 33.9 Å². The van der Waals surface area contributed by atoms with E-state index < -0.39 is 0 Å². The lowest BCUT2D eigenvalue weighted by molar-refractivity contribution is 0.311. The standard InChI is InChI=1S/C18H25ClN4O2S.HI/c1-6-25-17-14(19)7-13(8-15(17)24-5)9-21-18(20-4)22-10-16-11(2)23-12(3)26-16;/h7-8H,6,9-10H2,1-5H3,(H2,20,21,22);1H. The van der Waals surface area contributed by atoms with Crippen molar-refractivity contribution in [3.05, 3.63) is 38.3 Å². The lowest BCUT2D eigenvalue weighted by Crippen LogP contribution is -2.36. The van der Waals surface area contributed by atoms with E-state index in [-0.39, 0.29) is 24.0 Å². The number of hydrogen-bond acceptors (Lipinski definition) is 5. The Morgan fingerprint density at radius 2 is 1.96 bits per heavy atom. The van der Waals surface area contributed by atoms with Gasteiger partial charge in [-0.05, 0) is 38.5 Å². The second kappa shape index (κ2) is 11.6. The van der Waals surface area contributed by atoms with Crippen LogP contribution in [0.3, 0.4) is 0 Å². The van der Waals surface area contributed by atoms with Crippen molar-refractivity contribution in [3.8, 4) is 11.5 Å². The molecule has 9 heteroatoms. The molecule has 6 nitrogen and oxygen atoms in total. The quantitative estimate of drug-likeness (QED) is 0.321. The summed E-state index contributed by atoms with van der Waals surface area (Å²) in [6, 6.07) is 3.78. The molecule has 1 aromatic heterocycles. The molecule has 0 bridgehead atoms. The van der Waals surface area contributed by atoms with E-state index in [1.165, 1.54) is 4.88 Å². The molecule has 0 unspecified atom stereocenters. The number of guanidine groups is 1. The Hall–Kier alpha value is -1.26. The molecule has 0 saturated carbocycles. The van der Waals surface area contributed by atoms with Crippen LogP contribution in [0.25, 0.3) is 0 Å². The van der Waals surface area contributed by atoms with Crippen LogP contribution in [0, 0.1) is 13.8 Å². The van der Waals surface area contributed by atoms with E-state index in [9.17, 15) is 0 Å². The number of rotatable bonds is 7. The Bertz CT molecular complexity index is 783. The van der Waals surface area contributed by atoms with E-state index in [2.05, 4.69) is 20.6 Å². The minimum Gasteiger partial charge on any atom is -0.493 e. The summed E-state index contributed by atoms with van der Waals surface area (Å²) in [6.07, 6.45) is 0. The molecule has 0 aliphatic rings. The molecular formula is C18H26ClIN4O2S. The Morgan fingerprint density at radius 1 is 1.26 bits per heavy atom. The number of nitrogens with zero attached hydrogens (tertiary/aromatic N) is 2. The van der Waals surface area contributed by atoms with Crippen LogP contribution < -0.4 is 20.1 Å². The number of nitrogens with one attached hydrogen (secondary N) is 2. The molecule has 2 rings (SSSR count). The van der Waals surface area contributed by atoms with Crippen LogP contribution in [0.4, 0.5) is 0 Å². The van der Waals surface area contributed by atoms with E-state index in [0.717, 1.165) is 16.3 Å². The predicted molar refractivity (Wildman–Crippen MR) is 123 cm³/mol. The second-order valence-corrected chi connectivity index (χ2v) is 7.26. The molecule has 0 fully saturated rings. The zero-order valence-electron chi connectivity index (χ0n) is 16.2. The van der Waals surface area contributed by atoms with Gasteiger partial charge >= 0.3 is 0 Å². The van der Waals surface area contributed by atoms with E-state index in [0.29, 0.717) is 42.2 Å². The fraction of sp³-hybridized carbons (Fsp3) is 0.444. The number of aliphatic imine (C=N–C) groups is 1. The Morgan fingerprint density at radius 3 is 2.52 bits per heavy atom. The highest BCUT2D eigenvalue weighted by molar-refractivity contribution is 14.0. The molecule has 0 amide bonds. The van der Waals surface area contributed by atoms with Crippen LogP contribution in [0.5, 0.6) is 11.5 Å². The van der Waals surface area contributed by atoms with Gasteiger partial charge in [-0.3, -0.25) is 4.99 Å². The summed E-state index contributed by atoms with van der Waals surface area (Å²) in [5.41, 5.74) is 2.03. The molecular weight excluding hydrogens is 499 g/mol. The molecule has 2 N–H and O–H groups in total. The molecule has 0 saturated heterocycles. The Kier molecular flexibility index (Phi) is 10.2. The van der Waals surface area contributed by atoms with Crippen molar-refractivity contribution in [2.24, 2.45) is 4.99 Å². The minimum atomic E-state index is 0. The third kappa shape index (κ3) is 6.69. The molecule has 1 heterocycles. The molecule has 0 aliphatic heterocycles. The molecule has 1 aromatic carbocycles. The Labute approximate surface area is 186 Å². The topological polar surface area (TPSA) is 67.8 Å². The third-order valence-corrected chi connectivity index (χ3v) is 5.03. The van der Waals surface area contributed by atoms with E-state index in [1.807, 2.05) is 32.9 Å². The SMILES string of the molecule is CCOc1c(Cl)cc(CNC(=NC)NCc2sc(C)nc2C)cc1OC.I. The first-order chi connectivity index (χ1) is 12.5. The number of halogens is 2. The van der Waals surface area contributed by atoms with Gasteiger partial charge in [0, 0.05) is 18.5 Å². The van der Waals surface area contributed by atoms with Crippen molar-refractivity contribution in [1.82, 2.24) is 15.6 Å². The van der Waals surface area contributed by atoms with Crippen molar-refractivity contribution >= 4 is 52.9 Å². The molecule has 2 aromatic rings. The maximum atomic E-state index is 6.32. The largest absolute Gasteiger partial charge is 0.493 e. The van der Waals surface area contributed by atoms with Gasteiger partial charge in [0.25, 0.3) is 0 Å². The third-order valence-electron chi connectivity index (χ3n) is 3.68. The van der Waals surface area contributed by atoms with Crippen molar-refractivity contribution in [1.29, 1.82) is 0 Å².